The van der Waals surface area contributed by atoms with Crippen LogP contribution < -0.4 is 0 Å². The van der Waals surface area contributed by atoms with Crippen molar-refractivity contribution in [3.05, 3.63) is 29.8 Å². The molecule has 1 aliphatic heterocycles. The highest BCUT2D eigenvalue weighted by molar-refractivity contribution is 7.89. The van der Waals surface area contributed by atoms with Gasteiger partial charge in [0.05, 0.1) is 11.5 Å². The summed E-state index contributed by atoms with van der Waals surface area (Å²) in [7, 11) is -3.59. The van der Waals surface area contributed by atoms with Gasteiger partial charge in [0.1, 0.15) is 6.23 Å². The minimum atomic E-state index is -3.59. The van der Waals surface area contributed by atoms with Gasteiger partial charge in [-0.05, 0) is 26.0 Å². The van der Waals surface area contributed by atoms with Crippen LogP contribution in [0.1, 0.15) is 24.2 Å². The Morgan fingerprint density at radius 2 is 2.17 bits per heavy atom. The van der Waals surface area contributed by atoms with E-state index in [0.717, 1.165) is 0 Å². The molecule has 1 aliphatic rings. The number of hydrogen-bond donors (Lipinski definition) is 0. The average Bonchev–Trinajstić information content (AvgIpc) is 2.76. The van der Waals surface area contributed by atoms with Crippen molar-refractivity contribution >= 4 is 15.8 Å². The first kappa shape index (κ1) is 13.2. The number of Topliss-reactive ketones (excluding diaryl/α,β-unsaturated/α-hetero) is 1. The molecule has 0 N–H and O–H groups in total. The summed E-state index contributed by atoms with van der Waals surface area (Å²) >= 11 is 0. The van der Waals surface area contributed by atoms with E-state index < -0.39 is 16.3 Å². The topological polar surface area (TPSA) is 63.7 Å². The van der Waals surface area contributed by atoms with Gasteiger partial charge in [0.2, 0.25) is 10.0 Å². The standard InChI is InChI=1S/C12H15NO4S/c1-9(14)11-4-3-5-12(8-11)18(15,16)13-6-7-17-10(13)2/h3-5,8,10H,6-7H2,1-2H3. The molecule has 0 amide bonds. The second-order valence-corrected chi connectivity index (χ2v) is 6.06. The number of carbonyl (C=O) groups is 1. The fourth-order valence-corrected chi connectivity index (χ4v) is 3.47. The Kier molecular flexibility index (Phi) is 3.52. The summed E-state index contributed by atoms with van der Waals surface area (Å²) in [5.41, 5.74) is 0.392. The zero-order valence-electron chi connectivity index (χ0n) is 10.3. The highest BCUT2D eigenvalue weighted by Gasteiger charge is 2.33. The van der Waals surface area contributed by atoms with Crippen molar-refractivity contribution in [1.82, 2.24) is 4.31 Å². The van der Waals surface area contributed by atoms with Crippen LogP contribution in [0.25, 0.3) is 0 Å². The lowest BCUT2D eigenvalue weighted by molar-refractivity contribution is 0.0846. The van der Waals surface area contributed by atoms with E-state index in [-0.39, 0.29) is 10.7 Å². The SMILES string of the molecule is CC(=O)c1cccc(S(=O)(=O)N2CCOC2C)c1. The zero-order valence-corrected chi connectivity index (χ0v) is 11.1. The molecule has 1 fully saturated rings. The largest absolute Gasteiger partial charge is 0.361 e. The zero-order chi connectivity index (χ0) is 13.3. The van der Waals surface area contributed by atoms with Gasteiger partial charge in [0, 0.05) is 12.1 Å². The second-order valence-electron chi connectivity index (χ2n) is 4.17. The van der Waals surface area contributed by atoms with Gasteiger partial charge in [-0.25, -0.2) is 8.42 Å². The molecule has 1 heterocycles. The number of ketones is 1. The summed E-state index contributed by atoms with van der Waals surface area (Å²) in [6, 6.07) is 6.08. The molecule has 0 saturated carbocycles. The van der Waals surface area contributed by atoms with E-state index in [4.69, 9.17) is 4.74 Å². The maximum absolute atomic E-state index is 12.4. The highest BCUT2D eigenvalue weighted by Crippen LogP contribution is 2.22. The lowest BCUT2D eigenvalue weighted by atomic mass is 10.2. The molecule has 6 heteroatoms. The number of ether oxygens (including phenoxy) is 1. The summed E-state index contributed by atoms with van der Waals surface area (Å²) in [4.78, 5) is 11.4. The molecule has 1 unspecified atom stereocenters. The Morgan fingerprint density at radius 3 is 2.72 bits per heavy atom. The fraction of sp³-hybridized carbons (Fsp3) is 0.417. The third-order valence-corrected chi connectivity index (χ3v) is 4.87. The van der Waals surface area contributed by atoms with Gasteiger partial charge in [-0.1, -0.05) is 12.1 Å². The van der Waals surface area contributed by atoms with Crippen molar-refractivity contribution < 1.29 is 17.9 Å². The van der Waals surface area contributed by atoms with Crippen LogP contribution in [0.3, 0.4) is 0 Å². The molecular weight excluding hydrogens is 254 g/mol. The van der Waals surface area contributed by atoms with Crippen molar-refractivity contribution in [3.63, 3.8) is 0 Å². The summed E-state index contributed by atoms with van der Waals surface area (Å²) in [6.45, 7) is 3.84. The monoisotopic (exact) mass is 269 g/mol. The summed E-state index contributed by atoms with van der Waals surface area (Å²) in [5.74, 6) is -0.155. The Labute approximate surface area is 106 Å². The van der Waals surface area contributed by atoms with Gasteiger partial charge >= 0.3 is 0 Å². The number of carbonyl (C=O) groups excluding carboxylic acids is 1. The normalized spacial score (nSPS) is 21.1. The van der Waals surface area contributed by atoms with Crippen molar-refractivity contribution in [1.29, 1.82) is 0 Å². The molecule has 0 aliphatic carbocycles. The number of hydrogen-bond acceptors (Lipinski definition) is 4. The molecule has 1 aromatic rings. The molecule has 0 aromatic heterocycles. The Morgan fingerprint density at radius 1 is 1.44 bits per heavy atom. The van der Waals surface area contributed by atoms with Crippen LogP contribution in [0.2, 0.25) is 0 Å². The first-order valence-corrected chi connectivity index (χ1v) is 7.11. The fourth-order valence-electron chi connectivity index (χ4n) is 1.90. The third-order valence-electron chi connectivity index (χ3n) is 2.92. The lowest BCUT2D eigenvalue weighted by Gasteiger charge is -2.19. The summed E-state index contributed by atoms with van der Waals surface area (Å²) < 4.78 is 31.2. The van der Waals surface area contributed by atoms with E-state index in [1.54, 1.807) is 19.1 Å². The molecule has 1 saturated heterocycles. The Bertz CT molecular complexity index is 567. The van der Waals surface area contributed by atoms with E-state index in [9.17, 15) is 13.2 Å². The molecule has 2 rings (SSSR count). The minimum absolute atomic E-state index is 0.132. The van der Waals surface area contributed by atoms with Crippen LogP contribution in [0.5, 0.6) is 0 Å². The second kappa shape index (κ2) is 4.79. The smallest absolute Gasteiger partial charge is 0.245 e. The summed E-state index contributed by atoms with van der Waals surface area (Å²) in [5, 5.41) is 0. The van der Waals surface area contributed by atoms with Crippen LogP contribution in [-0.2, 0) is 14.8 Å². The van der Waals surface area contributed by atoms with Crippen LogP contribution in [0.4, 0.5) is 0 Å². The molecule has 1 aromatic carbocycles. The number of benzene rings is 1. The van der Waals surface area contributed by atoms with E-state index in [1.807, 2.05) is 0 Å². The minimum Gasteiger partial charge on any atom is -0.361 e. The lowest BCUT2D eigenvalue weighted by Crippen LogP contribution is -2.34. The van der Waals surface area contributed by atoms with Crippen LogP contribution in [0.15, 0.2) is 29.2 Å². The Balaban J connectivity index is 2.41. The van der Waals surface area contributed by atoms with Gasteiger partial charge in [-0.15, -0.1) is 0 Å². The van der Waals surface area contributed by atoms with Gasteiger partial charge in [0.15, 0.2) is 5.78 Å². The molecule has 0 spiro atoms. The predicted octanol–water partition coefficient (Wildman–Crippen LogP) is 1.26. The van der Waals surface area contributed by atoms with Crippen molar-refractivity contribution in [2.24, 2.45) is 0 Å². The molecule has 0 bridgehead atoms. The first-order valence-electron chi connectivity index (χ1n) is 5.67. The van der Waals surface area contributed by atoms with Gasteiger partial charge in [-0.3, -0.25) is 4.79 Å². The molecular formula is C12H15NO4S. The highest BCUT2D eigenvalue weighted by atomic mass is 32.2. The summed E-state index contributed by atoms with van der Waals surface area (Å²) in [6.07, 6.45) is -0.462. The quantitative estimate of drug-likeness (QED) is 0.775. The van der Waals surface area contributed by atoms with E-state index >= 15 is 0 Å². The van der Waals surface area contributed by atoms with E-state index in [2.05, 4.69) is 0 Å². The first-order chi connectivity index (χ1) is 8.43. The molecule has 18 heavy (non-hydrogen) atoms. The molecule has 0 radical (unpaired) electrons. The third kappa shape index (κ3) is 2.31. The number of rotatable bonds is 3. The van der Waals surface area contributed by atoms with Crippen molar-refractivity contribution in [2.75, 3.05) is 13.2 Å². The number of sulfonamides is 1. The Hall–Kier alpha value is -1.24. The average molecular weight is 269 g/mol. The van der Waals surface area contributed by atoms with Crippen molar-refractivity contribution in [2.45, 2.75) is 25.0 Å². The van der Waals surface area contributed by atoms with Crippen molar-refractivity contribution in [3.8, 4) is 0 Å². The van der Waals surface area contributed by atoms with Crippen LogP contribution in [0, 0.1) is 0 Å². The molecule has 98 valence electrons. The molecule has 5 nitrogen and oxygen atoms in total. The molecule has 1 atom stereocenters. The maximum atomic E-state index is 12.4. The van der Waals surface area contributed by atoms with Gasteiger partial charge < -0.3 is 4.74 Å². The van der Waals surface area contributed by atoms with Crippen LogP contribution in [-0.4, -0.2) is 37.9 Å². The van der Waals surface area contributed by atoms with Gasteiger partial charge in [-0.2, -0.15) is 4.31 Å². The van der Waals surface area contributed by atoms with Gasteiger partial charge in [0.25, 0.3) is 0 Å². The predicted molar refractivity (Wildman–Crippen MR) is 65.8 cm³/mol. The van der Waals surface area contributed by atoms with Crippen LogP contribution >= 0.6 is 0 Å². The maximum Gasteiger partial charge on any atom is 0.245 e. The van der Waals surface area contributed by atoms with E-state index in [0.29, 0.717) is 18.7 Å². The van der Waals surface area contributed by atoms with E-state index in [1.165, 1.54) is 23.4 Å². The number of nitrogens with zero attached hydrogens (tertiary/aromatic N) is 1.